The van der Waals surface area contributed by atoms with Crippen LogP contribution >= 0.6 is 0 Å². The Hall–Kier alpha value is -0.580. The minimum absolute atomic E-state index is 0.468. The van der Waals surface area contributed by atoms with E-state index in [2.05, 4.69) is 0 Å². The average Bonchev–Trinajstić information content (AvgIpc) is 1.83. The van der Waals surface area contributed by atoms with Gasteiger partial charge in [-0.05, 0) is 6.92 Å². The molecule has 0 aromatic heterocycles. The van der Waals surface area contributed by atoms with Crippen molar-refractivity contribution in [3.8, 4) is 0 Å². The van der Waals surface area contributed by atoms with Crippen molar-refractivity contribution in [2.24, 2.45) is 5.92 Å². The van der Waals surface area contributed by atoms with Crippen molar-refractivity contribution < 1.29 is 23.1 Å². The van der Waals surface area contributed by atoms with Crippen LogP contribution in [0.4, 0.5) is 13.2 Å². The molecule has 72 valence electrons. The van der Waals surface area contributed by atoms with E-state index in [-0.39, 0.29) is 0 Å². The van der Waals surface area contributed by atoms with Crippen LogP contribution in [0, 0.1) is 5.92 Å². The van der Waals surface area contributed by atoms with Gasteiger partial charge in [0.1, 0.15) is 0 Å². The van der Waals surface area contributed by atoms with Crippen LogP contribution in [-0.4, -0.2) is 22.7 Å². The zero-order valence-electron chi connectivity index (χ0n) is 7.07. The number of Topliss-reactive ketones (excluding diaryl/α,β-unsaturated/α-hetero) is 1. The van der Waals surface area contributed by atoms with E-state index < -0.39 is 23.5 Å². The van der Waals surface area contributed by atoms with Crippen molar-refractivity contribution in [1.82, 2.24) is 0 Å². The molecule has 0 fully saturated rings. The van der Waals surface area contributed by atoms with Gasteiger partial charge >= 0.3 is 6.18 Å². The minimum atomic E-state index is -4.89. The summed E-state index contributed by atoms with van der Waals surface area (Å²) in [4.78, 5) is 10.8. The standard InChI is InChI=1S/C7H11F3O2/c1-4(2)5(11)6(3,12)7(8,9)10/h4,12H,1-3H3/t6-/m0/s1. The van der Waals surface area contributed by atoms with E-state index in [4.69, 9.17) is 5.11 Å². The smallest absolute Gasteiger partial charge is 0.374 e. The summed E-state index contributed by atoms with van der Waals surface area (Å²) >= 11 is 0. The Labute approximate surface area is 68.4 Å². The first-order valence-electron chi connectivity index (χ1n) is 3.44. The Morgan fingerprint density at radius 2 is 1.67 bits per heavy atom. The molecule has 1 N–H and O–H groups in total. The molecule has 2 nitrogen and oxygen atoms in total. The third kappa shape index (κ3) is 1.97. The van der Waals surface area contributed by atoms with Gasteiger partial charge in [0, 0.05) is 5.92 Å². The number of ketones is 1. The van der Waals surface area contributed by atoms with Crippen LogP contribution in [0.15, 0.2) is 0 Å². The minimum Gasteiger partial charge on any atom is -0.374 e. The van der Waals surface area contributed by atoms with Crippen LogP contribution < -0.4 is 0 Å². The lowest BCUT2D eigenvalue weighted by molar-refractivity contribution is -0.245. The fourth-order valence-electron chi connectivity index (χ4n) is 0.702. The molecule has 0 saturated heterocycles. The predicted octanol–water partition coefficient (Wildman–Crippen LogP) is 1.52. The molecule has 0 aliphatic rings. The fraction of sp³-hybridized carbons (Fsp3) is 0.857. The van der Waals surface area contributed by atoms with Gasteiger partial charge in [-0.1, -0.05) is 13.8 Å². The van der Waals surface area contributed by atoms with Gasteiger partial charge in [-0.3, -0.25) is 4.79 Å². The molecule has 5 heteroatoms. The number of halogens is 3. The Morgan fingerprint density at radius 1 is 1.33 bits per heavy atom. The van der Waals surface area contributed by atoms with Crippen molar-refractivity contribution in [2.75, 3.05) is 0 Å². The van der Waals surface area contributed by atoms with Gasteiger partial charge in [-0.2, -0.15) is 13.2 Å². The molecule has 0 amide bonds. The largest absolute Gasteiger partial charge is 0.424 e. The molecule has 0 aliphatic heterocycles. The van der Waals surface area contributed by atoms with Crippen molar-refractivity contribution in [3.05, 3.63) is 0 Å². The molecule has 12 heavy (non-hydrogen) atoms. The summed E-state index contributed by atoms with van der Waals surface area (Å²) in [6, 6.07) is 0. The van der Waals surface area contributed by atoms with Gasteiger partial charge in [0.05, 0.1) is 0 Å². The average molecular weight is 184 g/mol. The number of rotatable bonds is 2. The molecule has 0 bridgehead atoms. The van der Waals surface area contributed by atoms with E-state index in [0.29, 0.717) is 6.92 Å². The van der Waals surface area contributed by atoms with Crippen LogP contribution in [0.2, 0.25) is 0 Å². The number of hydrogen-bond donors (Lipinski definition) is 1. The summed E-state index contributed by atoms with van der Waals surface area (Å²) in [5.74, 6) is -2.04. The van der Waals surface area contributed by atoms with E-state index in [9.17, 15) is 18.0 Å². The lowest BCUT2D eigenvalue weighted by Crippen LogP contribution is -2.51. The first kappa shape index (κ1) is 11.4. The number of carbonyl (C=O) groups excluding carboxylic acids is 1. The Morgan fingerprint density at radius 3 is 1.75 bits per heavy atom. The normalized spacial score (nSPS) is 17.7. The number of hydrogen-bond acceptors (Lipinski definition) is 2. The van der Waals surface area contributed by atoms with Gasteiger partial charge in [0.25, 0.3) is 0 Å². The highest BCUT2D eigenvalue weighted by Crippen LogP contribution is 2.32. The highest BCUT2D eigenvalue weighted by Gasteiger charge is 2.55. The van der Waals surface area contributed by atoms with Crippen molar-refractivity contribution >= 4 is 5.78 Å². The summed E-state index contributed by atoms with van der Waals surface area (Å²) < 4.78 is 35.9. The first-order valence-corrected chi connectivity index (χ1v) is 3.44. The molecule has 0 aliphatic carbocycles. The molecular weight excluding hydrogens is 173 g/mol. The van der Waals surface area contributed by atoms with E-state index in [1.54, 1.807) is 0 Å². The molecule has 0 saturated carbocycles. The van der Waals surface area contributed by atoms with Crippen LogP contribution in [0.25, 0.3) is 0 Å². The predicted molar refractivity (Wildman–Crippen MR) is 36.5 cm³/mol. The van der Waals surface area contributed by atoms with Gasteiger partial charge < -0.3 is 5.11 Å². The zero-order chi connectivity index (χ0) is 10.2. The van der Waals surface area contributed by atoms with Crippen LogP contribution in [0.1, 0.15) is 20.8 Å². The highest BCUT2D eigenvalue weighted by molar-refractivity contribution is 5.89. The van der Waals surface area contributed by atoms with E-state index >= 15 is 0 Å². The lowest BCUT2D eigenvalue weighted by Gasteiger charge is -2.26. The summed E-state index contributed by atoms with van der Waals surface area (Å²) in [6.45, 7) is 3.08. The summed E-state index contributed by atoms with van der Waals surface area (Å²) in [7, 11) is 0. The SMILES string of the molecule is CC(C)C(=O)[C@](C)(O)C(F)(F)F. The number of aliphatic hydroxyl groups is 1. The second kappa shape index (κ2) is 3.05. The molecule has 1 atom stereocenters. The molecule has 0 unspecified atom stereocenters. The van der Waals surface area contributed by atoms with Gasteiger partial charge in [0.2, 0.25) is 5.60 Å². The third-order valence-electron chi connectivity index (χ3n) is 1.56. The van der Waals surface area contributed by atoms with Crippen molar-refractivity contribution in [1.29, 1.82) is 0 Å². The summed E-state index contributed by atoms with van der Waals surface area (Å²) in [6.07, 6.45) is -4.89. The first-order chi connectivity index (χ1) is 5.10. The maximum atomic E-state index is 12.0. The molecule has 0 heterocycles. The molecular formula is C7H11F3O2. The molecule has 0 rings (SSSR count). The highest BCUT2D eigenvalue weighted by atomic mass is 19.4. The third-order valence-corrected chi connectivity index (χ3v) is 1.56. The van der Waals surface area contributed by atoms with Crippen LogP contribution in [0.5, 0.6) is 0 Å². The molecule has 0 aromatic rings. The maximum Gasteiger partial charge on any atom is 0.424 e. The van der Waals surface area contributed by atoms with E-state index in [1.165, 1.54) is 13.8 Å². The molecule has 0 aromatic carbocycles. The van der Waals surface area contributed by atoms with E-state index in [1.807, 2.05) is 0 Å². The second-order valence-corrected chi connectivity index (χ2v) is 3.09. The Bertz CT molecular complexity index is 182. The lowest BCUT2D eigenvalue weighted by atomic mass is 9.92. The summed E-state index contributed by atoms with van der Waals surface area (Å²) in [5.41, 5.74) is -3.22. The van der Waals surface area contributed by atoms with Gasteiger partial charge in [-0.15, -0.1) is 0 Å². The topological polar surface area (TPSA) is 37.3 Å². The molecule has 0 radical (unpaired) electrons. The monoisotopic (exact) mass is 184 g/mol. The Balaban J connectivity index is 4.74. The zero-order valence-corrected chi connectivity index (χ0v) is 7.07. The van der Waals surface area contributed by atoms with Crippen molar-refractivity contribution in [2.45, 2.75) is 32.5 Å². The second-order valence-electron chi connectivity index (χ2n) is 3.09. The van der Waals surface area contributed by atoms with Gasteiger partial charge in [0.15, 0.2) is 5.78 Å². The summed E-state index contributed by atoms with van der Waals surface area (Å²) in [5, 5.41) is 8.82. The van der Waals surface area contributed by atoms with Gasteiger partial charge in [-0.25, -0.2) is 0 Å². The number of alkyl halides is 3. The number of carbonyl (C=O) groups is 1. The van der Waals surface area contributed by atoms with E-state index in [0.717, 1.165) is 0 Å². The fourth-order valence-corrected chi connectivity index (χ4v) is 0.702. The Kier molecular flexibility index (Phi) is 2.90. The van der Waals surface area contributed by atoms with Crippen LogP contribution in [-0.2, 0) is 4.79 Å². The maximum absolute atomic E-state index is 12.0. The van der Waals surface area contributed by atoms with Crippen LogP contribution in [0.3, 0.4) is 0 Å². The van der Waals surface area contributed by atoms with Crippen molar-refractivity contribution in [3.63, 3.8) is 0 Å². The molecule has 0 spiro atoms. The quantitative estimate of drug-likeness (QED) is 0.706.